The Labute approximate surface area is 127 Å². The van der Waals surface area contributed by atoms with Crippen molar-refractivity contribution in [3.63, 3.8) is 0 Å². The van der Waals surface area contributed by atoms with E-state index in [0.29, 0.717) is 6.04 Å². The summed E-state index contributed by atoms with van der Waals surface area (Å²) >= 11 is 0. The van der Waals surface area contributed by atoms with Crippen LogP contribution in [0.3, 0.4) is 0 Å². The lowest BCUT2D eigenvalue weighted by Crippen LogP contribution is -2.57. The number of hydrogen-bond acceptors (Lipinski definition) is 3. The molecular weight excluding hydrogens is 262 g/mol. The van der Waals surface area contributed by atoms with Gasteiger partial charge in [-0.1, -0.05) is 25.3 Å². The van der Waals surface area contributed by atoms with Gasteiger partial charge < -0.3 is 14.8 Å². The minimum Gasteiger partial charge on any atom is -0.497 e. The average molecular weight is 287 g/mol. The highest BCUT2D eigenvalue weighted by molar-refractivity contribution is 5.40. The van der Waals surface area contributed by atoms with Crippen molar-refractivity contribution in [3.8, 4) is 5.75 Å². The first kappa shape index (κ1) is 13.6. The van der Waals surface area contributed by atoms with Gasteiger partial charge in [-0.3, -0.25) is 0 Å². The maximum absolute atomic E-state index is 6.72. The van der Waals surface area contributed by atoms with Gasteiger partial charge in [-0.2, -0.15) is 0 Å². The number of nitrogens with one attached hydrogen (secondary N) is 1. The highest BCUT2D eigenvalue weighted by Gasteiger charge is 2.44. The molecule has 1 saturated heterocycles. The molecule has 1 aromatic rings. The van der Waals surface area contributed by atoms with Crippen LogP contribution >= 0.6 is 0 Å². The van der Waals surface area contributed by atoms with Crippen LogP contribution in [0.1, 0.15) is 55.8 Å². The summed E-state index contributed by atoms with van der Waals surface area (Å²) in [6, 6.07) is 6.97. The van der Waals surface area contributed by atoms with Crippen molar-refractivity contribution in [1.29, 1.82) is 0 Å². The zero-order chi connectivity index (χ0) is 14.3. The molecule has 1 saturated carbocycles. The third kappa shape index (κ3) is 2.36. The Morgan fingerprint density at radius 2 is 2.10 bits per heavy atom. The molecule has 0 aromatic heterocycles. The van der Waals surface area contributed by atoms with Crippen LogP contribution in [0.4, 0.5) is 0 Å². The van der Waals surface area contributed by atoms with E-state index in [0.717, 1.165) is 18.7 Å². The molecule has 21 heavy (non-hydrogen) atoms. The molecule has 4 rings (SSSR count). The smallest absolute Gasteiger partial charge is 0.119 e. The number of hydrogen-bond donors (Lipinski definition) is 1. The van der Waals surface area contributed by atoms with Crippen LogP contribution in [0.5, 0.6) is 5.75 Å². The summed E-state index contributed by atoms with van der Waals surface area (Å²) in [4.78, 5) is 0. The Hall–Kier alpha value is -1.06. The van der Waals surface area contributed by atoms with Crippen LogP contribution in [-0.4, -0.2) is 25.3 Å². The summed E-state index contributed by atoms with van der Waals surface area (Å²) in [7, 11) is 1.74. The van der Waals surface area contributed by atoms with E-state index in [2.05, 4.69) is 23.5 Å². The first-order chi connectivity index (χ1) is 10.3. The molecule has 3 heteroatoms. The Balaban J connectivity index is 1.63. The molecule has 1 aliphatic heterocycles. The third-order valence-corrected chi connectivity index (χ3v) is 5.57. The highest BCUT2D eigenvalue weighted by atomic mass is 16.5. The van der Waals surface area contributed by atoms with Crippen molar-refractivity contribution in [3.05, 3.63) is 29.3 Å². The number of fused-ring (bicyclic) bond motifs is 3. The van der Waals surface area contributed by atoms with E-state index in [9.17, 15) is 0 Å². The Kier molecular flexibility index (Phi) is 3.43. The second-order valence-electron chi connectivity index (χ2n) is 6.87. The van der Waals surface area contributed by atoms with Gasteiger partial charge in [-0.15, -0.1) is 0 Å². The summed E-state index contributed by atoms with van der Waals surface area (Å²) in [5.41, 5.74) is 2.88. The Bertz CT molecular complexity index is 522. The molecular formula is C18H25NO2. The Morgan fingerprint density at radius 1 is 1.24 bits per heavy atom. The summed E-state index contributed by atoms with van der Waals surface area (Å²) in [6.07, 6.45) is 8.95. The largest absolute Gasteiger partial charge is 0.497 e. The summed E-state index contributed by atoms with van der Waals surface area (Å²) in [5.74, 6) is 0.961. The molecule has 2 unspecified atom stereocenters. The van der Waals surface area contributed by atoms with E-state index in [-0.39, 0.29) is 11.7 Å². The summed E-state index contributed by atoms with van der Waals surface area (Å²) in [6.45, 7) is 1.04. The first-order valence-corrected chi connectivity index (χ1v) is 8.38. The van der Waals surface area contributed by atoms with Gasteiger partial charge in [0.05, 0.1) is 18.8 Å². The molecule has 2 fully saturated rings. The predicted octanol–water partition coefficient (Wildman–Crippen LogP) is 3.37. The van der Waals surface area contributed by atoms with Crippen LogP contribution < -0.4 is 10.1 Å². The molecule has 2 atom stereocenters. The normalized spacial score (nSPS) is 30.5. The number of aryl methyl sites for hydroxylation is 1. The van der Waals surface area contributed by atoms with Crippen molar-refractivity contribution in [2.45, 2.75) is 62.7 Å². The predicted molar refractivity (Wildman–Crippen MR) is 82.7 cm³/mol. The standard InChI is InChI=1S/C18H25NO2/c1-20-14-6-7-15-13(11-14)5-8-16-17(15)21-18(12-19-16)9-3-2-4-10-18/h6-7,11,16-17,19H,2-5,8-10,12H2,1H3. The van der Waals surface area contributed by atoms with Crippen molar-refractivity contribution < 1.29 is 9.47 Å². The maximum atomic E-state index is 6.72. The molecule has 1 N–H and O–H groups in total. The maximum Gasteiger partial charge on any atom is 0.119 e. The van der Waals surface area contributed by atoms with Gasteiger partial charge in [0.25, 0.3) is 0 Å². The molecule has 3 aliphatic rings. The fourth-order valence-electron chi connectivity index (χ4n) is 4.36. The average Bonchev–Trinajstić information content (AvgIpc) is 2.55. The zero-order valence-electron chi connectivity index (χ0n) is 12.9. The van der Waals surface area contributed by atoms with Crippen molar-refractivity contribution in [2.75, 3.05) is 13.7 Å². The Morgan fingerprint density at radius 3 is 2.90 bits per heavy atom. The van der Waals surface area contributed by atoms with E-state index in [1.165, 1.54) is 49.7 Å². The van der Waals surface area contributed by atoms with Gasteiger partial charge in [0.15, 0.2) is 0 Å². The molecule has 3 nitrogen and oxygen atoms in total. The van der Waals surface area contributed by atoms with Crippen molar-refractivity contribution in [1.82, 2.24) is 5.32 Å². The number of morpholine rings is 1. The number of rotatable bonds is 1. The SMILES string of the molecule is COc1ccc2c(c1)CCC1NCC3(CCCCC3)OC21. The number of methoxy groups -OCH3 is 1. The highest BCUT2D eigenvalue weighted by Crippen LogP contribution is 2.44. The van der Waals surface area contributed by atoms with Gasteiger partial charge in [0.2, 0.25) is 0 Å². The topological polar surface area (TPSA) is 30.5 Å². The van der Waals surface area contributed by atoms with Gasteiger partial charge in [-0.25, -0.2) is 0 Å². The number of benzene rings is 1. The van der Waals surface area contributed by atoms with Crippen LogP contribution in [-0.2, 0) is 11.2 Å². The fourth-order valence-corrected chi connectivity index (χ4v) is 4.36. The van der Waals surface area contributed by atoms with E-state index in [4.69, 9.17) is 9.47 Å². The molecule has 1 aromatic carbocycles. The van der Waals surface area contributed by atoms with Crippen LogP contribution in [0.15, 0.2) is 18.2 Å². The molecule has 0 radical (unpaired) electrons. The monoisotopic (exact) mass is 287 g/mol. The van der Waals surface area contributed by atoms with Gasteiger partial charge in [-0.05, 0) is 48.9 Å². The lowest BCUT2D eigenvalue weighted by Gasteiger charge is -2.49. The van der Waals surface area contributed by atoms with Crippen molar-refractivity contribution in [2.24, 2.45) is 0 Å². The lowest BCUT2D eigenvalue weighted by molar-refractivity contribution is -0.157. The molecule has 1 heterocycles. The van der Waals surface area contributed by atoms with E-state index >= 15 is 0 Å². The van der Waals surface area contributed by atoms with Gasteiger partial charge in [0, 0.05) is 12.6 Å². The van der Waals surface area contributed by atoms with Crippen LogP contribution in [0, 0.1) is 0 Å². The summed E-state index contributed by atoms with van der Waals surface area (Å²) < 4.78 is 12.1. The summed E-state index contributed by atoms with van der Waals surface area (Å²) in [5, 5.41) is 3.79. The quantitative estimate of drug-likeness (QED) is 0.859. The van der Waals surface area contributed by atoms with E-state index < -0.39 is 0 Å². The second-order valence-corrected chi connectivity index (χ2v) is 6.87. The van der Waals surface area contributed by atoms with Gasteiger partial charge in [0.1, 0.15) is 5.75 Å². The van der Waals surface area contributed by atoms with Gasteiger partial charge >= 0.3 is 0 Å². The van der Waals surface area contributed by atoms with E-state index in [1.54, 1.807) is 7.11 Å². The fraction of sp³-hybridized carbons (Fsp3) is 0.667. The van der Waals surface area contributed by atoms with E-state index in [1.807, 2.05) is 0 Å². The minimum atomic E-state index is 0.0912. The number of ether oxygens (including phenoxy) is 2. The molecule has 114 valence electrons. The second kappa shape index (κ2) is 5.29. The first-order valence-electron chi connectivity index (χ1n) is 8.38. The zero-order valence-corrected chi connectivity index (χ0v) is 12.9. The molecule has 0 bridgehead atoms. The molecule has 1 spiro atoms. The van der Waals surface area contributed by atoms with Crippen LogP contribution in [0.2, 0.25) is 0 Å². The molecule has 0 amide bonds. The molecule has 2 aliphatic carbocycles. The minimum absolute atomic E-state index is 0.0912. The third-order valence-electron chi connectivity index (χ3n) is 5.57. The lowest BCUT2D eigenvalue weighted by atomic mass is 9.79. The van der Waals surface area contributed by atoms with Crippen LogP contribution in [0.25, 0.3) is 0 Å². The van der Waals surface area contributed by atoms with Crippen molar-refractivity contribution >= 4 is 0 Å².